The molecule has 1 aliphatic carbocycles. The summed E-state index contributed by atoms with van der Waals surface area (Å²) in [6.07, 6.45) is 6.55. The Kier molecular flexibility index (Phi) is 4.93. The maximum Gasteiger partial charge on any atom is 0.291 e. The Labute approximate surface area is 144 Å². The first kappa shape index (κ1) is 18.3. The number of methoxy groups -OCH3 is 1. The summed E-state index contributed by atoms with van der Waals surface area (Å²) in [6.45, 7) is 14.1. The Hall–Kier alpha value is -2.03. The molecule has 0 saturated heterocycles. The second-order valence-corrected chi connectivity index (χ2v) is 7.03. The molecule has 0 aromatic carbocycles. The summed E-state index contributed by atoms with van der Waals surface area (Å²) in [7, 11) is 1.54. The molecule has 24 heavy (non-hydrogen) atoms. The van der Waals surface area contributed by atoms with Gasteiger partial charge in [-0.05, 0) is 48.5 Å². The lowest BCUT2D eigenvalue weighted by atomic mass is 9.64. The van der Waals surface area contributed by atoms with Gasteiger partial charge in [-0.25, -0.2) is 0 Å². The third-order valence-corrected chi connectivity index (χ3v) is 5.15. The minimum Gasteiger partial charge on any atom is -0.468 e. The van der Waals surface area contributed by atoms with E-state index in [0.717, 1.165) is 0 Å². The summed E-state index contributed by atoms with van der Waals surface area (Å²) < 4.78 is 11.4. The molecule has 3 nitrogen and oxygen atoms in total. The molecule has 1 aliphatic rings. The highest BCUT2D eigenvalue weighted by atomic mass is 16.6. The summed E-state index contributed by atoms with van der Waals surface area (Å²) in [5.41, 5.74) is 4.45. The summed E-state index contributed by atoms with van der Waals surface area (Å²) in [5.74, 6) is 1.14. The number of hydrogen-bond acceptors (Lipinski definition) is 3. The van der Waals surface area contributed by atoms with Crippen LogP contribution in [0, 0.1) is 19.8 Å². The van der Waals surface area contributed by atoms with E-state index < -0.39 is 5.41 Å². The Morgan fingerprint density at radius 1 is 1.25 bits per heavy atom. The van der Waals surface area contributed by atoms with Crippen molar-refractivity contribution in [2.45, 2.75) is 53.9 Å². The fourth-order valence-corrected chi connectivity index (χ4v) is 4.14. The highest BCUT2D eigenvalue weighted by Gasteiger charge is 2.42. The van der Waals surface area contributed by atoms with Crippen LogP contribution in [0.2, 0.25) is 0 Å². The van der Waals surface area contributed by atoms with Gasteiger partial charge in [0.15, 0.2) is 5.43 Å². The first-order valence-corrected chi connectivity index (χ1v) is 8.36. The first-order chi connectivity index (χ1) is 11.2. The van der Waals surface area contributed by atoms with E-state index in [-0.39, 0.29) is 11.3 Å². The quantitative estimate of drug-likeness (QED) is 0.732. The second kappa shape index (κ2) is 6.46. The molecule has 1 heterocycles. The zero-order valence-corrected chi connectivity index (χ0v) is 16.0. The van der Waals surface area contributed by atoms with Crippen LogP contribution in [0.25, 0.3) is 0 Å². The van der Waals surface area contributed by atoms with Gasteiger partial charge in [0, 0.05) is 11.5 Å². The molecule has 3 heteroatoms. The fraction of sp³-hybridized carbons (Fsp3) is 0.476. The molecule has 0 saturated carbocycles. The third kappa shape index (κ3) is 2.77. The van der Waals surface area contributed by atoms with Crippen molar-refractivity contribution in [2.24, 2.45) is 5.92 Å². The molecular formula is C21H28O3. The van der Waals surface area contributed by atoms with E-state index in [4.69, 9.17) is 9.15 Å². The van der Waals surface area contributed by atoms with Crippen LogP contribution in [0.3, 0.4) is 0 Å². The lowest BCUT2D eigenvalue weighted by Gasteiger charge is -2.40. The molecule has 1 aromatic heterocycles. The molecule has 2 unspecified atom stereocenters. The van der Waals surface area contributed by atoms with E-state index in [1.54, 1.807) is 6.92 Å². The number of hydrogen-bond donors (Lipinski definition) is 0. The molecule has 0 radical (unpaired) electrons. The molecule has 2 rings (SSSR count). The van der Waals surface area contributed by atoms with Crippen LogP contribution in [0.5, 0.6) is 5.95 Å². The Morgan fingerprint density at radius 2 is 1.88 bits per heavy atom. The van der Waals surface area contributed by atoms with Gasteiger partial charge >= 0.3 is 0 Å². The van der Waals surface area contributed by atoms with Crippen molar-refractivity contribution in [2.75, 3.05) is 7.11 Å². The van der Waals surface area contributed by atoms with Crippen molar-refractivity contribution in [3.8, 4) is 5.95 Å². The Morgan fingerprint density at radius 3 is 2.42 bits per heavy atom. The van der Waals surface area contributed by atoms with Gasteiger partial charge in [0.1, 0.15) is 5.76 Å². The first-order valence-electron chi connectivity index (χ1n) is 8.36. The number of rotatable bonds is 3. The van der Waals surface area contributed by atoms with Gasteiger partial charge in [-0.1, -0.05) is 34.9 Å². The largest absolute Gasteiger partial charge is 0.468 e. The minimum absolute atomic E-state index is 0.00975. The van der Waals surface area contributed by atoms with Gasteiger partial charge in [0.25, 0.3) is 5.95 Å². The van der Waals surface area contributed by atoms with E-state index >= 15 is 0 Å². The van der Waals surface area contributed by atoms with Crippen LogP contribution in [-0.2, 0) is 5.41 Å². The average Bonchev–Trinajstić information content (AvgIpc) is 2.51. The van der Waals surface area contributed by atoms with Crippen molar-refractivity contribution in [1.29, 1.82) is 0 Å². The Bertz CT molecular complexity index is 805. The van der Waals surface area contributed by atoms with E-state index in [1.807, 2.05) is 13.8 Å². The maximum atomic E-state index is 12.7. The fourth-order valence-electron chi connectivity index (χ4n) is 4.14. The van der Waals surface area contributed by atoms with Crippen molar-refractivity contribution in [1.82, 2.24) is 0 Å². The van der Waals surface area contributed by atoms with Crippen LogP contribution >= 0.6 is 0 Å². The van der Waals surface area contributed by atoms with Gasteiger partial charge in [0.2, 0.25) is 0 Å². The Balaban J connectivity index is 2.83. The van der Waals surface area contributed by atoms with Crippen LogP contribution in [-0.4, -0.2) is 7.11 Å². The molecular weight excluding hydrogens is 300 g/mol. The lowest BCUT2D eigenvalue weighted by Crippen LogP contribution is -2.36. The van der Waals surface area contributed by atoms with Gasteiger partial charge < -0.3 is 9.15 Å². The van der Waals surface area contributed by atoms with Gasteiger partial charge in [-0.3, -0.25) is 4.79 Å². The van der Waals surface area contributed by atoms with E-state index in [9.17, 15) is 4.79 Å². The van der Waals surface area contributed by atoms with Crippen LogP contribution < -0.4 is 10.2 Å². The van der Waals surface area contributed by atoms with Gasteiger partial charge in [0.05, 0.1) is 18.1 Å². The number of allylic oxidation sites excluding steroid dienone is 6. The van der Waals surface area contributed by atoms with E-state index in [2.05, 4.69) is 45.9 Å². The molecule has 0 bridgehead atoms. The van der Waals surface area contributed by atoms with Gasteiger partial charge in [-0.15, -0.1) is 0 Å². The molecule has 0 amide bonds. The average molecular weight is 328 g/mol. The molecule has 0 spiro atoms. The summed E-state index contributed by atoms with van der Waals surface area (Å²) in [5, 5.41) is 0. The molecule has 1 aromatic rings. The summed E-state index contributed by atoms with van der Waals surface area (Å²) >= 11 is 0. The lowest BCUT2D eigenvalue weighted by molar-refractivity contribution is 0.249. The summed E-state index contributed by atoms with van der Waals surface area (Å²) in [6, 6.07) is 0. The highest BCUT2D eigenvalue weighted by Crippen LogP contribution is 2.47. The highest BCUT2D eigenvalue weighted by molar-refractivity contribution is 5.46. The van der Waals surface area contributed by atoms with Crippen molar-refractivity contribution in [3.05, 3.63) is 62.1 Å². The number of ether oxygens (including phenoxy) is 1. The topological polar surface area (TPSA) is 39.4 Å². The van der Waals surface area contributed by atoms with Crippen molar-refractivity contribution < 1.29 is 9.15 Å². The monoisotopic (exact) mass is 328 g/mol. The standard InChI is InChI=1S/C21H28O3/c1-9-13(3)17-14(4)10-12(2)11-21(17,7)19-15(5)18(22)16(6)20(23-8)24-19/h9-11,17H,1-8H3. The molecule has 0 fully saturated rings. The molecule has 0 N–H and O–H groups in total. The SMILES string of the molecule is CC=C(C)C1C(C)=CC(C)=CC1(C)c1oc(OC)c(C)c(=O)c1C. The zero-order valence-electron chi connectivity index (χ0n) is 16.0. The van der Waals surface area contributed by atoms with Crippen LogP contribution in [0.15, 0.2) is 44.2 Å². The smallest absolute Gasteiger partial charge is 0.291 e. The molecule has 0 aliphatic heterocycles. The second-order valence-electron chi connectivity index (χ2n) is 7.03. The maximum absolute atomic E-state index is 12.7. The van der Waals surface area contributed by atoms with Crippen LogP contribution in [0.1, 0.15) is 51.5 Å². The normalized spacial score (nSPS) is 24.5. The van der Waals surface area contributed by atoms with E-state index in [1.165, 1.54) is 23.8 Å². The van der Waals surface area contributed by atoms with E-state index in [0.29, 0.717) is 22.8 Å². The molecule has 2 atom stereocenters. The van der Waals surface area contributed by atoms with Crippen LogP contribution in [0.4, 0.5) is 0 Å². The predicted molar refractivity (Wildman–Crippen MR) is 98.8 cm³/mol. The van der Waals surface area contributed by atoms with Crippen molar-refractivity contribution >= 4 is 0 Å². The third-order valence-electron chi connectivity index (χ3n) is 5.15. The van der Waals surface area contributed by atoms with Crippen molar-refractivity contribution in [3.63, 3.8) is 0 Å². The predicted octanol–water partition coefficient (Wildman–Crippen LogP) is 5.01. The van der Waals surface area contributed by atoms with Gasteiger partial charge in [-0.2, -0.15) is 0 Å². The zero-order chi connectivity index (χ0) is 18.2. The minimum atomic E-state index is -0.427. The summed E-state index contributed by atoms with van der Waals surface area (Å²) in [4.78, 5) is 12.7. The molecule has 130 valence electrons.